The first-order valence-electron chi connectivity index (χ1n) is 7.77. The van der Waals surface area contributed by atoms with Gasteiger partial charge in [0.05, 0.1) is 0 Å². The van der Waals surface area contributed by atoms with E-state index >= 15 is 0 Å². The van der Waals surface area contributed by atoms with Crippen molar-refractivity contribution in [3.05, 3.63) is 0 Å². The lowest BCUT2D eigenvalue weighted by atomic mass is 9.75. The summed E-state index contributed by atoms with van der Waals surface area (Å²) >= 11 is 0. The Labute approximate surface area is 120 Å². The van der Waals surface area contributed by atoms with E-state index in [-0.39, 0.29) is 12.1 Å². The molecular formula is C15H26N2O3. The number of hydrogen-bond donors (Lipinski definition) is 2. The monoisotopic (exact) mass is 282 g/mol. The Hall–Kier alpha value is -1.26. The molecule has 2 aliphatic carbocycles. The minimum absolute atomic E-state index is 0.230. The lowest BCUT2D eigenvalue weighted by Crippen LogP contribution is -2.60. The number of carbonyl (C=O) groups excluding carboxylic acids is 1. The molecule has 0 radical (unpaired) electrons. The summed E-state index contributed by atoms with van der Waals surface area (Å²) in [5.74, 6) is -0.286. The third-order valence-electron chi connectivity index (χ3n) is 5.23. The Morgan fingerprint density at radius 1 is 1.25 bits per heavy atom. The fraction of sp³-hybridized carbons (Fsp3) is 0.867. The standard InChI is InChI=1S/C15H26N2O3/c1-3-11-7-9-15(10-8-11,13(18)19)16-14(20)17(2)12-5-4-6-12/h11-12H,3-10H2,1-2H3,(H,16,20)(H,18,19). The van der Waals surface area contributed by atoms with Crippen LogP contribution in [0.1, 0.15) is 58.3 Å². The lowest BCUT2D eigenvalue weighted by molar-refractivity contribution is -0.146. The fourth-order valence-corrected chi connectivity index (χ4v) is 3.20. The quantitative estimate of drug-likeness (QED) is 0.832. The van der Waals surface area contributed by atoms with Crippen molar-refractivity contribution in [2.75, 3.05) is 7.05 Å². The predicted molar refractivity (Wildman–Crippen MR) is 76.5 cm³/mol. The van der Waals surface area contributed by atoms with E-state index in [0.717, 1.165) is 38.5 Å². The normalized spacial score (nSPS) is 30.4. The second kappa shape index (κ2) is 6.02. The first kappa shape index (κ1) is 15.1. The number of nitrogens with one attached hydrogen (secondary N) is 1. The van der Waals surface area contributed by atoms with Gasteiger partial charge in [-0.1, -0.05) is 13.3 Å². The van der Waals surface area contributed by atoms with E-state index in [4.69, 9.17) is 0 Å². The van der Waals surface area contributed by atoms with Gasteiger partial charge in [-0.25, -0.2) is 9.59 Å². The molecule has 0 aromatic heterocycles. The third kappa shape index (κ3) is 2.91. The average Bonchev–Trinajstić information content (AvgIpc) is 2.37. The molecule has 20 heavy (non-hydrogen) atoms. The van der Waals surface area contributed by atoms with Crippen LogP contribution in [0.5, 0.6) is 0 Å². The minimum Gasteiger partial charge on any atom is -0.480 e. The second-order valence-corrected chi connectivity index (χ2v) is 6.36. The SMILES string of the molecule is CCC1CCC(NC(=O)N(C)C2CCC2)(C(=O)O)CC1. The van der Waals surface area contributed by atoms with Crippen LogP contribution in [0.15, 0.2) is 0 Å². The number of amides is 2. The van der Waals surface area contributed by atoms with Gasteiger partial charge in [0.25, 0.3) is 0 Å². The molecule has 0 unspecified atom stereocenters. The van der Waals surface area contributed by atoms with Gasteiger partial charge in [-0.3, -0.25) is 0 Å². The molecule has 0 spiro atoms. The molecule has 0 saturated heterocycles. The molecule has 0 atom stereocenters. The molecule has 2 N–H and O–H groups in total. The largest absolute Gasteiger partial charge is 0.480 e. The van der Waals surface area contributed by atoms with Crippen molar-refractivity contribution in [1.29, 1.82) is 0 Å². The maximum atomic E-state index is 12.3. The summed E-state index contributed by atoms with van der Waals surface area (Å²) < 4.78 is 0. The van der Waals surface area contributed by atoms with Crippen LogP contribution in [0.2, 0.25) is 0 Å². The van der Waals surface area contributed by atoms with Gasteiger partial charge in [-0.2, -0.15) is 0 Å². The van der Waals surface area contributed by atoms with E-state index in [9.17, 15) is 14.7 Å². The van der Waals surface area contributed by atoms with Crippen molar-refractivity contribution in [2.45, 2.75) is 69.9 Å². The zero-order valence-corrected chi connectivity index (χ0v) is 12.5. The van der Waals surface area contributed by atoms with Crippen LogP contribution in [0.4, 0.5) is 4.79 Å². The van der Waals surface area contributed by atoms with Gasteiger partial charge in [-0.05, 0) is 50.9 Å². The van der Waals surface area contributed by atoms with Crippen molar-refractivity contribution < 1.29 is 14.7 Å². The highest BCUT2D eigenvalue weighted by Crippen LogP contribution is 2.34. The molecule has 0 aromatic carbocycles. The Bertz CT molecular complexity index is 371. The summed E-state index contributed by atoms with van der Waals surface area (Å²) in [6.45, 7) is 2.14. The Balaban J connectivity index is 1.98. The van der Waals surface area contributed by atoms with Crippen LogP contribution in [0, 0.1) is 5.92 Å². The predicted octanol–water partition coefficient (Wildman–Crippen LogP) is 2.60. The molecule has 0 heterocycles. The summed E-state index contributed by atoms with van der Waals surface area (Å²) in [6, 6.07) is 0.0554. The van der Waals surface area contributed by atoms with Gasteiger partial charge >= 0.3 is 12.0 Å². The zero-order chi connectivity index (χ0) is 14.8. The molecule has 2 fully saturated rings. The number of urea groups is 1. The van der Waals surface area contributed by atoms with E-state index in [1.807, 2.05) is 0 Å². The molecular weight excluding hydrogens is 256 g/mol. The molecule has 0 aromatic rings. The van der Waals surface area contributed by atoms with E-state index in [2.05, 4.69) is 12.2 Å². The highest BCUT2D eigenvalue weighted by atomic mass is 16.4. The highest BCUT2D eigenvalue weighted by Gasteiger charge is 2.44. The van der Waals surface area contributed by atoms with E-state index < -0.39 is 11.5 Å². The number of nitrogens with zero attached hydrogens (tertiary/aromatic N) is 1. The van der Waals surface area contributed by atoms with Gasteiger partial charge in [-0.15, -0.1) is 0 Å². The molecule has 5 heteroatoms. The van der Waals surface area contributed by atoms with Gasteiger partial charge in [0, 0.05) is 13.1 Å². The lowest BCUT2D eigenvalue weighted by Gasteiger charge is -2.40. The number of rotatable bonds is 4. The molecule has 2 rings (SSSR count). The minimum atomic E-state index is -1.05. The van der Waals surface area contributed by atoms with Crippen LogP contribution < -0.4 is 5.32 Å². The average molecular weight is 282 g/mol. The van der Waals surface area contributed by atoms with Crippen LogP contribution in [-0.2, 0) is 4.79 Å². The van der Waals surface area contributed by atoms with Gasteiger partial charge in [0.2, 0.25) is 0 Å². The van der Waals surface area contributed by atoms with Gasteiger partial charge in [0.15, 0.2) is 0 Å². The smallest absolute Gasteiger partial charge is 0.329 e. The first-order chi connectivity index (χ1) is 9.48. The molecule has 2 aliphatic rings. The highest BCUT2D eigenvalue weighted by molar-refractivity contribution is 5.86. The van der Waals surface area contributed by atoms with Crippen LogP contribution in [0.3, 0.4) is 0 Å². The Kier molecular flexibility index (Phi) is 4.55. The first-order valence-corrected chi connectivity index (χ1v) is 7.77. The maximum absolute atomic E-state index is 12.3. The van der Waals surface area contributed by atoms with Crippen LogP contribution in [0.25, 0.3) is 0 Å². The molecule has 2 amide bonds. The Morgan fingerprint density at radius 3 is 2.25 bits per heavy atom. The molecule has 0 aliphatic heterocycles. The summed E-state index contributed by atoms with van der Waals surface area (Å²) in [5.41, 5.74) is -1.05. The number of carboxylic acid groups (broad SMARTS) is 1. The third-order valence-corrected chi connectivity index (χ3v) is 5.23. The Morgan fingerprint density at radius 2 is 1.85 bits per heavy atom. The number of carbonyl (C=O) groups is 2. The van der Waals surface area contributed by atoms with Crippen molar-refractivity contribution in [3.63, 3.8) is 0 Å². The van der Waals surface area contributed by atoms with Crippen LogP contribution in [-0.4, -0.2) is 40.6 Å². The second-order valence-electron chi connectivity index (χ2n) is 6.36. The molecule has 5 nitrogen and oxygen atoms in total. The van der Waals surface area contributed by atoms with E-state index in [0.29, 0.717) is 18.8 Å². The van der Waals surface area contributed by atoms with E-state index in [1.54, 1.807) is 11.9 Å². The number of hydrogen-bond acceptors (Lipinski definition) is 2. The molecule has 114 valence electrons. The number of aliphatic carboxylic acids is 1. The van der Waals surface area contributed by atoms with Crippen molar-refractivity contribution in [3.8, 4) is 0 Å². The van der Waals surface area contributed by atoms with Gasteiger partial charge in [0.1, 0.15) is 5.54 Å². The summed E-state index contributed by atoms with van der Waals surface area (Å²) in [6.07, 6.45) is 7.17. The topological polar surface area (TPSA) is 69.6 Å². The maximum Gasteiger partial charge on any atom is 0.329 e. The van der Waals surface area contributed by atoms with Crippen molar-refractivity contribution >= 4 is 12.0 Å². The summed E-state index contributed by atoms with van der Waals surface area (Å²) in [4.78, 5) is 25.6. The zero-order valence-electron chi connectivity index (χ0n) is 12.5. The fourth-order valence-electron chi connectivity index (χ4n) is 3.20. The molecule has 2 saturated carbocycles. The van der Waals surface area contributed by atoms with Crippen molar-refractivity contribution in [1.82, 2.24) is 10.2 Å². The van der Waals surface area contributed by atoms with E-state index in [1.165, 1.54) is 0 Å². The van der Waals surface area contributed by atoms with Crippen LogP contribution >= 0.6 is 0 Å². The summed E-state index contributed by atoms with van der Waals surface area (Å²) in [7, 11) is 1.77. The summed E-state index contributed by atoms with van der Waals surface area (Å²) in [5, 5.41) is 12.4. The van der Waals surface area contributed by atoms with Crippen molar-refractivity contribution in [2.24, 2.45) is 5.92 Å². The van der Waals surface area contributed by atoms with Gasteiger partial charge < -0.3 is 15.3 Å². The number of carboxylic acids is 1. The molecule has 0 bridgehead atoms.